The van der Waals surface area contributed by atoms with Crippen LogP contribution in [0.1, 0.15) is 29.5 Å². The van der Waals surface area contributed by atoms with E-state index in [4.69, 9.17) is 9.47 Å². The normalized spacial score (nSPS) is 21.2. The molecule has 0 radical (unpaired) electrons. The summed E-state index contributed by atoms with van der Waals surface area (Å²) in [6.45, 7) is 2.14. The summed E-state index contributed by atoms with van der Waals surface area (Å²) in [7, 11) is 3.17. The molecule has 0 amide bonds. The Morgan fingerprint density at radius 2 is 1.57 bits per heavy atom. The van der Waals surface area contributed by atoms with Gasteiger partial charge in [-0.3, -0.25) is 0 Å². The molecule has 3 rings (SSSR count). The van der Waals surface area contributed by atoms with Crippen molar-refractivity contribution in [3.05, 3.63) is 59.2 Å². The fourth-order valence-corrected chi connectivity index (χ4v) is 4.34. The second kappa shape index (κ2) is 10.0. The number of alkyl halides is 3. The van der Waals surface area contributed by atoms with Crippen LogP contribution in [0.5, 0.6) is 11.5 Å². The zero-order chi connectivity index (χ0) is 21.1. The first kappa shape index (κ1) is 24.5. The van der Waals surface area contributed by atoms with Gasteiger partial charge >= 0.3 is 6.18 Å². The highest BCUT2D eigenvalue weighted by Gasteiger charge is 2.41. The van der Waals surface area contributed by atoms with E-state index in [9.17, 15) is 18.3 Å². The van der Waals surface area contributed by atoms with E-state index in [2.05, 4.69) is 0 Å². The van der Waals surface area contributed by atoms with E-state index in [1.54, 1.807) is 26.4 Å². The highest BCUT2D eigenvalue weighted by atomic mass is 79.9. The molecule has 0 saturated carbocycles. The molecule has 0 aromatic heterocycles. The van der Waals surface area contributed by atoms with Crippen LogP contribution in [0.25, 0.3) is 0 Å². The molecule has 2 atom stereocenters. The van der Waals surface area contributed by atoms with Crippen molar-refractivity contribution in [1.82, 2.24) is 0 Å². The molecule has 1 fully saturated rings. The van der Waals surface area contributed by atoms with Gasteiger partial charge in [-0.15, -0.1) is 0 Å². The molecule has 0 bridgehead atoms. The summed E-state index contributed by atoms with van der Waals surface area (Å²) in [6, 6.07) is 11.2. The maximum Gasteiger partial charge on any atom is 0.416 e. The van der Waals surface area contributed by atoms with Gasteiger partial charge in [0.1, 0.15) is 19.1 Å². The standard InChI is InChI=1S/C22H27F3NO3.BrH/c1-28-20-10-7-17(12-21(20)29-2)14-26(11-3-4-19(26)15-27)13-16-5-8-18(9-6-16)22(23,24)25;/h5-10,12,19,27H,3-4,11,13-15H2,1-2H3;1H/q+1;/p-1/t19-,26?;/m0./s1. The number of hydrogen-bond donors (Lipinski definition) is 1. The molecule has 0 aliphatic carbocycles. The molecule has 1 N–H and O–H groups in total. The van der Waals surface area contributed by atoms with E-state index in [1.165, 1.54) is 0 Å². The van der Waals surface area contributed by atoms with Gasteiger partial charge in [-0.1, -0.05) is 12.1 Å². The van der Waals surface area contributed by atoms with Crippen molar-refractivity contribution < 1.29 is 49.2 Å². The van der Waals surface area contributed by atoms with Crippen LogP contribution in [0.4, 0.5) is 13.2 Å². The van der Waals surface area contributed by atoms with Crippen LogP contribution in [0, 0.1) is 0 Å². The van der Waals surface area contributed by atoms with E-state index in [0.717, 1.165) is 42.6 Å². The summed E-state index contributed by atoms with van der Waals surface area (Å²) in [5, 5.41) is 9.98. The van der Waals surface area contributed by atoms with Crippen LogP contribution >= 0.6 is 0 Å². The highest BCUT2D eigenvalue weighted by molar-refractivity contribution is 5.42. The molecule has 1 saturated heterocycles. The Morgan fingerprint density at radius 3 is 2.13 bits per heavy atom. The van der Waals surface area contributed by atoms with Gasteiger partial charge in [0.25, 0.3) is 0 Å². The number of nitrogens with zero attached hydrogens (tertiary/aromatic N) is 1. The second-order valence-electron chi connectivity index (χ2n) is 7.62. The zero-order valence-electron chi connectivity index (χ0n) is 17.1. The first-order valence-electron chi connectivity index (χ1n) is 9.65. The van der Waals surface area contributed by atoms with Gasteiger partial charge in [0.05, 0.1) is 32.9 Å². The van der Waals surface area contributed by atoms with E-state index in [0.29, 0.717) is 29.1 Å². The number of quaternary nitrogens is 1. The number of aliphatic hydroxyl groups excluding tert-OH is 1. The van der Waals surface area contributed by atoms with E-state index >= 15 is 0 Å². The number of halogens is 4. The molecule has 1 unspecified atom stereocenters. The number of rotatable bonds is 7. The van der Waals surface area contributed by atoms with Crippen LogP contribution in [-0.2, 0) is 19.3 Å². The lowest BCUT2D eigenvalue weighted by molar-refractivity contribution is -0.964. The number of aliphatic hydroxyl groups is 1. The molecule has 166 valence electrons. The Balaban J connectivity index is 0.00000320. The van der Waals surface area contributed by atoms with Crippen LogP contribution in [0.3, 0.4) is 0 Å². The lowest BCUT2D eigenvalue weighted by Crippen LogP contribution is -3.00. The minimum Gasteiger partial charge on any atom is -1.00 e. The summed E-state index contributed by atoms with van der Waals surface area (Å²) in [4.78, 5) is 0. The molecule has 1 aliphatic heterocycles. The van der Waals surface area contributed by atoms with Crippen LogP contribution in [-0.4, -0.2) is 43.0 Å². The minimum absolute atomic E-state index is 0. The largest absolute Gasteiger partial charge is 1.00 e. The minimum atomic E-state index is -4.34. The Morgan fingerprint density at radius 1 is 0.967 bits per heavy atom. The smallest absolute Gasteiger partial charge is 0.416 e. The number of methoxy groups -OCH3 is 2. The van der Waals surface area contributed by atoms with Crippen LogP contribution < -0.4 is 26.5 Å². The zero-order valence-corrected chi connectivity index (χ0v) is 18.7. The van der Waals surface area contributed by atoms with Crippen molar-refractivity contribution >= 4 is 0 Å². The topological polar surface area (TPSA) is 38.7 Å². The average molecular weight is 490 g/mol. The Bertz CT molecular complexity index is 829. The maximum atomic E-state index is 12.9. The van der Waals surface area contributed by atoms with Gasteiger partial charge in [-0.05, 0) is 30.3 Å². The van der Waals surface area contributed by atoms with Crippen LogP contribution in [0.2, 0.25) is 0 Å². The van der Waals surface area contributed by atoms with Crippen molar-refractivity contribution in [2.45, 2.75) is 38.1 Å². The summed E-state index contributed by atoms with van der Waals surface area (Å²) < 4.78 is 49.9. The number of hydrogen-bond acceptors (Lipinski definition) is 3. The summed E-state index contributed by atoms with van der Waals surface area (Å²) in [5.74, 6) is 1.28. The molecule has 1 heterocycles. The first-order chi connectivity index (χ1) is 13.8. The van der Waals surface area contributed by atoms with E-state index < -0.39 is 11.7 Å². The molecule has 30 heavy (non-hydrogen) atoms. The van der Waals surface area contributed by atoms with E-state index in [-0.39, 0.29) is 29.6 Å². The number of benzene rings is 2. The molecule has 2 aromatic rings. The fourth-order valence-electron chi connectivity index (χ4n) is 4.34. The third kappa shape index (κ3) is 5.28. The fraction of sp³-hybridized carbons (Fsp3) is 0.455. The second-order valence-corrected chi connectivity index (χ2v) is 7.62. The van der Waals surface area contributed by atoms with E-state index in [1.807, 2.05) is 18.2 Å². The molecule has 0 spiro atoms. The maximum absolute atomic E-state index is 12.9. The van der Waals surface area contributed by atoms with Gasteiger partial charge in [0.2, 0.25) is 0 Å². The molecular weight excluding hydrogens is 463 g/mol. The Kier molecular flexibility index (Phi) is 8.19. The third-order valence-corrected chi connectivity index (χ3v) is 5.85. The van der Waals surface area contributed by atoms with Gasteiger partial charge < -0.3 is 36.0 Å². The lowest BCUT2D eigenvalue weighted by Gasteiger charge is -2.40. The lowest BCUT2D eigenvalue weighted by atomic mass is 10.1. The van der Waals surface area contributed by atoms with Gasteiger partial charge in [0.15, 0.2) is 11.5 Å². The van der Waals surface area contributed by atoms with Crippen LogP contribution in [0.15, 0.2) is 42.5 Å². The van der Waals surface area contributed by atoms with Crippen molar-refractivity contribution in [2.75, 3.05) is 27.4 Å². The Hall–Kier alpha value is -1.77. The monoisotopic (exact) mass is 489 g/mol. The number of ether oxygens (including phenoxy) is 2. The third-order valence-electron chi connectivity index (χ3n) is 5.85. The molecule has 2 aromatic carbocycles. The van der Waals surface area contributed by atoms with Crippen molar-refractivity contribution in [2.24, 2.45) is 0 Å². The molecule has 4 nitrogen and oxygen atoms in total. The number of likely N-dealkylation sites (tertiary alicyclic amines) is 1. The van der Waals surface area contributed by atoms with Crippen molar-refractivity contribution in [1.29, 1.82) is 0 Å². The van der Waals surface area contributed by atoms with Gasteiger partial charge in [-0.2, -0.15) is 13.2 Å². The van der Waals surface area contributed by atoms with Crippen molar-refractivity contribution in [3.63, 3.8) is 0 Å². The SMILES string of the molecule is COc1ccc(C[N+]2(Cc3ccc(C(F)(F)F)cc3)CCC[C@H]2CO)cc1OC.[Br-]. The first-order valence-corrected chi connectivity index (χ1v) is 9.65. The predicted molar refractivity (Wildman–Crippen MR) is 104 cm³/mol. The van der Waals surface area contributed by atoms with Crippen molar-refractivity contribution in [3.8, 4) is 11.5 Å². The molecular formula is C22H27BrF3NO3. The average Bonchev–Trinajstić information content (AvgIpc) is 3.09. The Labute approximate surface area is 185 Å². The summed E-state index contributed by atoms with van der Waals surface area (Å²) in [5.41, 5.74) is 1.22. The van der Waals surface area contributed by atoms with Gasteiger partial charge in [-0.25, -0.2) is 0 Å². The van der Waals surface area contributed by atoms with Gasteiger partial charge in [0, 0.05) is 24.0 Å². The summed E-state index contributed by atoms with van der Waals surface area (Å²) in [6.07, 6.45) is -2.48. The highest BCUT2D eigenvalue weighted by Crippen LogP contribution is 2.36. The quantitative estimate of drug-likeness (QED) is 0.597. The molecule has 1 aliphatic rings. The predicted octanol–water partition coefficient (Wildman–Crippen LogP) is 1.40. The molecule has 8 heteroatoms. The summed E-state index contributed by atoms with van der Waals surface area (Å²) >= 11 is 0.